The molecule has 0 aliphatic rings. The summed E-state index contributed by atoms with van der Waals surface area (Å²) in [7, 11) is 0. The largest absolute Gasteiger partial charge is 0.489 e. The second kappa shape index (κ2) is 6.03. The van der Waals surface area contributed by atoms with Crippen molar-refractivity contribution < 1.29 is 9.84 Å². The van der Waals surface area contributed by atoms with Crippen molar-refractivity contribution in [2.75, 3.05) is 0 Å². The number of aliphatic hydroxyl groups is 1. The first-order valence-electron chi connectivity index (χ1n) is 5.76. The molecule has 2 aromatic rings. The highest BCUT2D eigenvalue weighted by atomic mass is 79.9. The Kier molecular flexibility index (Phi) is 4.39. The molecule has 0 saturated heterocycles. The third-order valence-electron chi connectivity index (χ3n) is 2.74. The third kappa shape index (κ3) is 3.34. The van der Waals surface area contributed by atoms with Gasteiger partial charge in [0.05, 0.1) is 6.61 Å². The van der Waals surface area contributed by atoms with E-state index in [0.29, 0.717) is 6.61 Å². The van der Waals surface area contributed by atoms with E-state index in [0.717, 1.165) is 26.9 Å². The smallest absolute Gasteiger partial charge is 0.120 e. The van der Waals surface area contributed by atoms with Crippen molar-refractivity contribution in [3.05, 3.63) is 63.6 Å². The maximum Gasteiger partial charge on any atom is 0.120 e. The van der Waals surface area contributed by atoms with E-state index >= 15 is 0 Å². The van der Waals surface area contributed by atoms with Crippen LogP contribution in [0.5, 0.6) is 5.75 Å². The maximum absolute atomic E-state index is 8.96. The molecule has 2 nitrogen and oxygen atoms in total. The van der Waals surface area contributed by atoms with Gasteiger partial charge in [-0.2, -0.15) is 0 Å². The van der Waals surface area contributed by atoms with Gasteiger partial charge in [0.1, 0.15) is 12.4 Å². The fourth-order valence-electron chi connectivity index (χ4n) is 1.61. The lowest BCUT2D eigenvalue weighted by Crippen LogP contribution is -1.96. The van der Waals surface area contributed by atoms with Crippen LogP contribution in [0, 0.1) is 6.92 Å². The molecule has 3 heteroatoms. The summed E-state index contributed by atoms with van der Waals surface area (Å²) in [6, 6.07) is 13.7. The van der Waals surface area contributed by atoms with Crippen molar-refractivity contribution in [1.82, 2.24) is 0 Å². The predicted octanol–water partition coefficient (Wildman–Crippen LogP) is 3.83. The van der Waals surface area contributed by atoms with Gasteiger partial charge in [-0.05, 0) is 41.8 Å². The summed E-state index contributed by atoms with van der Waals surface area (Å²) < 4.78 is 6.80. The lowest BCUT2D eigenvalue weighted by atomic mass is 10.1. The van der Waals surface area contributed by atoms with Gasteiger partial charge in [-0.15, -0.1) is 0 Å². The molecule has 0 radical (unpaired) electrons. The molecule has 0 aliphatic heterocycles. The molecule has 2 rings (SSSR count). The number of aliphatic hydroxyl groups excluding tert-OH is 1. The number of hydrogen-bond acceptors (Lipinski definition) is 2. The van der Waals surface area contributed by atoms with Crippen LogP contribution in [0.4, 0.5) is 0 Å². The van der Waals surface area contributed by atoms with Crippen molar-refractivity contribution >= 4 is 15.9 Å². The van der Waals surface area contributed by atoms with Crippen LogP contribution in [0.15, 0.2) is 46.9 Å². The Morgan fingerprint density at radius 1 is 1.06 bits per heavy atom. The Balaban J connectivity index is 1.99. The van der Waals surface area contributed by atoms with Gasteiger partial charge >= 0.3 is 0 Å². The molecule has 0 saturated carbocycles. The second-order valence-electron chi connectivity index (χ2n) is 4.17. The molecule has 0 amide bonds. The minimum Gasteiger partial charge on any atom is -0.489 e. The number of halogens is 1. The monoisotopic (exact) mass is 306 g/mol. The highest BCUT2D eigenvalue weighted by Gasteiger charge is 1.99. The summed E-state index contributed by atoms with van der Waals surface area (Å²) in [5, 5.41) is 8.96. The van der Waals surface area contributed by atoms with Crippen molar-refractivity contribution in [1.29, 1.82) is 0 Å². The summed E-state index contributed by atoms with van der Waals surface area (Å²) in [5.74, 6) is 0.863. The van der Waals surface area contributed by atoms with Crippen molar-refractivity contribution in [3.63, 3.8) is 0 Å². The van der Waals surface area contributed by atoms with Crippen LogP contribution >= 0.6 is 15.9 Å². The third-order valence-corrected chi connectivity index (χ3v) is 3.63. The van der Waals surface area contributed by atoms with Crippen LogP contribution < -0.4 is 4.74 Å². The van der Waals surface area contributed by atoms with E-state index in [2.05, 4.69) is 15.9 Å². The topological polar surface area (TPSA) is 29.5 Å². The second-order valence-corrected chi connectivity index (χ2v) is 5.03. The zero-order valence-electron chi connectivity index (χ0n) is 10.2. The Morgan fingerprint density at radius 2 is 1.72 bits per heavy atom. The molecule has 0 aliphatic carbocycles. The zero-order chi connectivity index (χ0) is 13.0. The summed E-state index contributed by atoms with van der Waals surface area (Å²) in [5.41, 5.74) is 3.16. The maximum atomic E-state index is 8.96. The molecule has 0 unspecified atom stereocenters. The van der Waals surface area contributed by atoms with Crippen molar-refractivity contribution in [2.45, 2.75) is 20.1 Å². The average Bonchev–Trinajstić information content (AvgIpc) is 2.41. The summed E-state index contributed by atoms with van der Waals surface area (Å²) in [6.07, 6.45) is 0. The van der Waals surface area contributed by atoms with Gasteiger partial charge < -0.3 is 9.84 Å². The molecular formula is C15H15BrO2. The molecule has 0 fully saturated rings. The standard InChI is InChI=1S/C15H15BrO2/c1-11-8-14(6-7-15(11)16)18-10-13-4-2-12(9-17)3-5-13/h2-8,17H,9-10H2,1H3. The summed E-state index contributed by atoms with van der Waals surface area (Å²) in [4.78, 5) is 0. The van der Waals surface area contributed by atoms with Crippen LogP contribution in [0.25, 0.3) is 0 Å². The highest BCUT2D eigenvalue weighted by molar-refractivity contribution is 9.10. The molecule has 0 heterocycles. The lowest BCUT2D eigenvalue weighted by Gasteiger charge is -2.08. The van der Waals surface area contributed by atoms with Gasteiger partial charge in [0.15, 0.2) is 0 Å². The van der Waals surface area contributed by atoms with Gasteiger partial charge in [0, 0.05) is 4.47 Å². The fourth-order valence-corrected chi connectivity index (χ4v) is 1.86. The molecular weight excluding hydrogens is 292 g/mol. The highest BCUT2D eigenvalue weighted by Crippen LogP contribution is 2.22. The predicted molar refractivity (Wildman–Crippen MR) is 75.6 cm³/mol. The molecule has 0 atom stereocenters. The summed E-state index contributed by atoms with van der Waals surface area (Å²) in [6.45, 7) is 2.65. The van der Waals surface area contributed by atoms with E-state index in [1.165, 1.54) is 0 Å². The Bertz CT molecular complexity index is 521. The lowest BCUT2D eigenvalue weighted by molar-refractivity contribution is 0.281. The van der Waals surface area contributed by atoms with Crippen LogP contribution in [0.3, 0.4) is 0 Å². The zero-order valence-corrected chi connectivity index (χ0v) is 11.8. The number of aryl methyl sites for hydroxylation is 1. The molecule has 1 N–H and O–H groups in total. The SMILES string of the molecule is Cc1cc(OCc2ccc(CO)cc2)ccc1Br. The summed E-state index contributed by atoms with van der Waals surface area (Å²) >= 11 is 3.46. The van der Waals surface area contributed by atoms with Crippen LogP contribution in [0.2, 0.25) is 0 Å². The van der Waals surface area contributed by atoms with Gasteiger partial charge in [0.2, 0.25) is 0 Å². The number of hydrogen-bond donors (Lipinski definition) is 1. The van der Waals surface area contributed by atoms with Gasteiger partial charge in [0.25, 0.3) is 0 Å². The first-order valence-corrected chi connectivity index (χ1v) is 6.56. The van der Waals surface area contributed by atoms with Crippen molar-refractivity contribution in [3.8, 4) is 5.75 Å². The van der Waals surface area contributed by atoms with E-state index in [1.807, 2.05) is 49.4 Å². The quantitative estimate of drug-likeness (QED) is 0.930. The van der Waals surface area contributed by atoms with Crippen LogP contribution in [0.1, 0.15) is 16.7 Å². The van der Waals surface area contributed by atoms with Crippen LogP contribution in [-0.2, 0) is 13.2 Å². The number of rotatable bonds is 4. The normalized spacial score (nSPS) is 10.4. The minimum atomic E-state index is 0.0764. The molecule has 94 valence electrons. The molecule has 2 aromatic carbocycles. The molecule has 0 bridgehead atoms. The first kappa shape index (κ1) is 13.1. The number of benzene rings is 2. The van der Waals surface area contributed by atoms with E-state index in [-0.39, 0.29) is 6.61 Å². The van der Waals surface area contributed by atoms with Crippen molar-refractivity contribution in [2.24, 2.45) is 0 Å². The Hall–Kier alpha value is -1.32. The molecule has 0 spiro atoms. The average molecular weight is 307 g/mol. The van der Waals surface area contributed by atoms with Gasteiger partial charge in [-0.3, -0.25) is 0 Å². The van der Waals surface area contributed by atoms with E-state index in [4.69, 9.17) is 9.84 Å². The Morgan fingerprint density at radius 3 is 2.33 bits per heavy atom. The first-order chi connectivity index (χ1) is 8.69. The molecule has 18 heavy (non-hydrogen) atoms. The minimum absolute atomic E-state index is 0.0764. The Labute approximate surface area is 115 Å². The van der Waals surface area contributed by atoms with Crippen LogP contribution in [-0.4, -0.2) is 5.11 Å². The van der Waals surface area contributed by atoms with E-state index in [1.54, 1.807) is 0 Å². The van der Waals surface area contributed by atoms with Gasteiger partial charge in [-0.25, -0.2) is 0 Å². The number of ether oxygens (including phenoxy) is 1. The molecule has 0 aromatic heterocycles. The fraction of sp³-hybridized carbons (Fsp3) is 0.200. The van der Waals surface area contributed by atoms with E-state index in [9.17, 15) is 0 Å². The van der Waals surface area contributed by atoms with Gasteiger partial charge in [-0.1, -0.05) is 40.2 Å². The van der Waals surface area contributed by atoms with E-state index < -0.39 is 0 Å².